The molecule has 1 heterocycles. The lowest BCUT2D eigenvalue weighted by Gasteiger charge is -2.24. The molecule has 21 heavy (non-hydrogen) atoms. The summed E-state index contributed by atoms with van der Waals surface area (Å²) in [6.45, 7) is 8.75. The van der Waals surface area contributed by atoms with Gasteiger partial charge in [-0.25, -0.2) is 4.98 Å². The Bertz CT molecular complexity index is 648. The Morgan fingerprint density at radius 1 is 1.33 bits per heavy atom. The molecule has 1 aromatic carbocycles. The second-order valence-corrected chi connectivity index (χ2v) is 6.57. The number of hydrogen-bond acceptors (Lipinski definition) is 4. The van der Waals surface area contributed by atoms with Crippen LogP contribution in [-0.2, 0) is 6.54 Å². The van der Waals surface area contributed by atoms with Gasteiger partial charge in [0.25, 0.3) is 0 Å². The number of ketones is 1. The summed E-state index contributed by atoms with van der Waals surface area (Å²) in [5.74, 6) is 0.181. The molecule has 1 aromatic heterocycles. The highest BCUT2D eigenvalue weighted by atomic mass is 32.1. The highest BCUT2D eigenvalue weighted by Gasteiger charge is 2.22. The van der Waals surface area contributed by atoms with Crippen molar-refractivity contribution in [3.05, 3.63) is 51.0 Å². The summed E-state index contributed by atoms with van der Waals surface area (Å²) in [6.07, 6.45) is 0. The van der Waals surface area contributed by atoms with Crippen LogP contribution in [0.5, 0.6) is 0 Å². The molecule has 0 aliphatic carbocycles. The molecule has 0 amide bonds. The van der Waals surface area contributed by atoms with Crippen LogP contribution in [0.1, 0.15) is 39.0 Å². The van der Waals surface area contributed by atoms with Gasteiger partial charge in [-0.15, -0.1) is 11.3 Å². The van der Waals surface area contributed by atoms with Crippen LogP contribution >= 0.6 is 11.3 Å². The summed E-state index contributed by atoms with van der Waals surface area (Å²) < 4.78 is 0. The predicted molar refractivity (Wildman–Crippen MR) is 88.0 cm³/mol. The van der Waals surface area contributed by atoms with Crippen molar-refractivity contribution < 1.29 is 4.79 Å². The van der Waals surface area contributed by atoms with Gasteiger partial charge in [0.2, 0.25) is 0 Å². The van der Waals surface area contributed by atoms with Gasteiger partial charge in [-0.2, -0.15) is 0 Å². The van der Waals surface area contributed by atoms with E-state index in [0.717, 1.165) is 28.9 Å². The van der Waals surface area contributed by atoms with Crippen LogP contribution in [0.3, 0.4) is 0 Å². The minimum Gasteiger partial charge on any atom is -0.292 e. The van der Waals surface area contributed by atoms with Crippen molar-refractivity contribution in [2.75, 3.05) is 7.05 Å². The maximum atomic E-state index is 12.7. The molecule has 4 heteroatoms. The van der Waals surface area contributed by atoms with E-state index in [1.165, 1.54) is 4.88 Å². The van der Waals surface area contributed by atoms with Crippen LogP contribution in [0.15, 0.2) is 23.7 Å². The van der Waals surface area contributed by atoms with Crippen LogP contribution < -0.4 is 0 Å². The Hall–Kier alpha value is -1.52. The van der Waals surface area contributed by atoms with Crippen LogP contribution in [0.4, 0.5) is 0 Å². The number of hydrogen-bond donors (Lipinski definition) is 0. The van der Waals surface area contributed by atoms with E-state index in [0.29, 0.717) is 0 Å². The normalized spacial score (nSPS) is 12.7. The average Bonchev–Trinajstić information content (AvgIpc) is 2.85. The molecule has 2 rings (SSSR count). The van der Waals surface area contributed by atoms with Crippen molar-refractivity contribution >= 4 is 17.1 Å². The molecule has 0 saturated heterocycles. The van der Waals surface area contributed by atoms with Crippen LogP contribution in [0, 0.1) is 20.8 Å². The molecule has 0 N–H and O–H groups in total. The largest absolute Gasteiger partial charge is 0.292 e. The number of aryl methyl sites for hydroxylation is 3. The number of rotatable bonds is 5. The van der Waals surface area contributed by atoms with E-state index in [4.69, 9.17) is 0 Å². The molecular formula is C17H22N2OS. The molecule has 0 fully saturated rings. The zero-order chi connectivity index (χ0) is 15.6. The molecule has 0 radical (unpaired) electrons. The highest BCUT2D eigenvalue weighted by Crippen LogP contribution is 2.19. The van der Waals surface area contributed by atoms with Crippen molar-refractivity contribution in [1.82, 2.24) is 9.88 Å². The van der Waals surface area contributed by atoms with E-state index in [1.54, 1.807) is 11.3 Å². The SMILES string of the molecule is Cc1ccc(C)c(C(=O)C(C)N(C)Cc2scnc2C)c1. The molecule has 0 bridgehead atoms. The Morgan fingerprint density at radius 2 is 2.05 bits per heavy atom. The van der Waals surface area contributed by atoms with E-state index in [2.05, 4.69) is 9.88 Å². The minimum absolute atomic E-state index is 0.146. The second kappa shape index (κ2) is 6.50. The van der Waals surface area contributed by atoms with Crippen molar-refractivity contribution in [1.29, 1.82) is 0 Å². The van der Waals surface area contributed by atoms with Crippen molar-refractivity contribution in [2.45, 2.75) is 40.3 Å². The Kier molecular flexibility index (Phi) is 4.91. The van der Waals surface area contributed by atoms with Gasteiger partial charge in [0.1, 0.15) is 0 Å². The topological polar surface area (TPSA) is 33.2 Å². The van der Waals surface area contributed by atoms with E-state index >= 15 is 0 Å². The van der Waals surface area contributed by atoms with Crippen LogP contribution in [0.25, 0.3) is 0 Å². The van der Waals surface area contributed by atoms with Gasteiger partial charge in [0, 0.05) is 17.0 Å². The lowest BCUT2D eigenvalue weighted by Crippen LogP contribution is -2.35. The van der Waals surface area contributed by atoms with Crippen molar-refractivity contribution in [3.63, 3.8) is 0 Å². The molecule has 0 aliphatic heterocycles. The molecule has 1 unspecified atom stereocenters. The summed E-state index contributed by atoms with van der Waals surface area (Å²) >= 11 is 1.64. The van der Waals surface area contributed by atoms with E-state index in [-0.39, 0.29) is 11.8 Å². The summed E-state index contributed by atoms with van der Waals surface area (Å²) in [5.41, 5.74) is 5.90. The highest BCUT2D eigenvalue weighted by molar-refractivity contribution is 7.09. The predicted octanol–water partition coefficient (Wildman–Crippen LogP) is 3.77. The first kappa shape index (κ1) is 15.9. The van der Waals surface area contributed by atoms with Gasteiger partial charge in [0.15, 0.2) is 5.78 Å². The Morgan fingerprint density at radius 3 is 2.67 bits per heavy atom. The molecule has 112 valence electrons. The number of likely N-dealkylation sites (N-methyl/N-ethyl adjacent to an activating group) is 1. The van der Waals surface area contributed by atoms with Gasteiger partial charge in [-0.3, -0.25) is 9.69 Å². The fraction of sp³-hybridized carbons (Fsp3) is 0.412. The first-order valence-electron chi connectivity index (χ1n) is 7.11. The third-order valence-corrected chi connectivity index (χ3v) is 4.86. The molecule has 0 spiro atoms. The summed E-state index contributed by atoms with van der Waals surface area (Å²) in [7, 11) is 1.99. The monoisotopic (exact) mass is 302 g/mol. The summed E-state index contributed by atoms with van der Waals surface area (Å²) in [4.78, 5) is 20.3. The third kappa shape index (κ3) is 3.57. The maximum absolute atomic E-state index is 12.7. The molecule has 0 saturated carbocycles. The minimum atomic E-state index is -0.146. The van der Waals surface area contributed by atoms with Gasteiger partial charge in [-0.05, 0) is 46.4 Å². The summed E-state index contributed by atoms with van der Waals surface area (Å²) in [5, 5.41) is 0. The zero-order valence-electron chi connectivity index (χ0n) is 13.3. The lowest BCUT2D eigenvalue weighted by molar-refractivity contribution is 0.0862. The number of benzene rings is 1. The number of nitrogens with zero attached hydrogens (tertiary/aromatic N) is 2. The Labute approximate surface area is 130 Å². The van der Waals surface area contributed by atoms with Crippen molar-refractivity contribution in [3.8, 4) is 0 Å². The second-order valence-electron chi connectivity index (χ2n) is 5.63. The first-order chi connectivity index (χ1) is 9.90. The molecular weight excluding hydrogens is 280 g/mol. The lowest BCUT2D eigenvalue weighted by atomic mass is 9.98. The average molecular weight is 302 g/mol. The fourth-order valence-electron chi connectivity index (χ4n) is 2.27. The van der Waals surface area contributed by atoms with Gasteiger partial charge in [0.05, 0.1) is 17.2 Å². The van der Waals surface area contributed by atoms with Crippen LogP contribution in [0.2, 0.25) is 0 Å². The van der Waals surface area contributed by atoms with Gasteiger partial charge < -0.3 is 0 Å². The molecule has 1 atom stereocenters. The zero-order valence-corrected chi connectivity index (χ0v) is 14.1. The number of carbonyl (C=O) groups is 1. The fourth-order valence-corrected chi connectivity index (χ4v) is 3.11. The molecule has 0 aliphatic rings. The van der Waals surface area contributed by atoms with E-state index in [9.17, 15) is 4.79 Å². The van der Waals surface area contributed by atoms with Gasteiger partial charge in [-0.1, -0.05) is 17.7 Å². The smallest absolute Gasteiger partial charge is 0.179 e. The van der Waals surface area contributed by atoms with Crippen LogP contribution in [-0.4, -0.2) is 28.8 Å². The molecule has 3 nitrogen and oxygen atoms in total. The van der Waals surface area contributed by atoms with E-state index < -0.39 is 0 Å². The Balaban J connectivity index is 2.15. The quantitative estimate of drug-likeness (QED) is 0.788. The number of thiazole rings is 1. The number of carbonyl (C=O) groups excluding carboxylic acids is 1. The third-order valence-electron chi connectivity index (χ3n) is 3.94. The van der Waals surface area contributed by atoms with Gasteiger partial charge >= 0.3 is 0 Å². The first-order valence-corrected chi connectivity index (χ1v) is 7.98. The molecule has 2 aromatic rings. The number of Topliss-reactive ketones (excluding diaryl/α,β-unsaturated/α-hetero) is 1. The standard InChI is InChI=1S/C17H22N2OS/c1-11-6-7-12(2)15(8-11)17(20)14(4)19(5)9-16-13(3)18-10-21-16/h6-8,10,14H,9H2,1-5H3. The number of aromatic nitrogens is 1. The van der Waals surface area contributed by atoms with Crippen molar-refractivity contribution in [2.24, 2.45) is 0 Å². The summed E-state index contributed by atoms with van der Waals surface area (Å²) in [6, 6.07) is 5.90. The van der Waals surface area contributed by atoms with E-state index in [1.807, 2.05) is 58.5 Å². The maximum Gasteiger partial charge on any atom is 0.179 e.